The highest BCUT2D eigenvalue weighted by Gasteiger charge is 2.16. The van der Waals surface area contributed by atoms with Crippen molar-refractivity contribution in [3.05, 3.63) is 52.5 Å². The van der Waals surface area contributed by atoms with Gasteiger partial charge in [-0.2, -0.15) is 0 Å². The summed E-state index contributed by atoms with van der Waals surface area (Å²) in [5.74, 6) is 1.81. The number of hydrogen-bond acceptors (Lipinski definition) is 4. The maximum atomic E-state index is 12.7. The van der Waals surface area contributed by atoms with Crippen LogP contribution in [0.2, 0.25) is 5.02 Å². The Hall–Kier alpha value is -2.40. The average molecular weight is 392 g/mol. The average Bonchev–Trinajstić information content (AvgIpc) is 2.69. The van der Waals surface area contributed by atoms with E-state index in [2.05, 4.69) is 0 Å². The highest BCUT2D eigenvalue weighted by atomic mass is 35.5. The second kappa shape index (κ2) is 10.1. The predicted molar refractivity (Wildman–Crippen MR) is 107 cm³/mol. The van der Waals surface area contributed by atoms with Crippen LogP contribution in [-0.2, 0) is 17.8 Å². The van der Waals surface area contributed by atoms with Crippen LogP contribution in [-0.4, -0.2) is 38.7 Å². The molecule has 0 aliphatic rings. The van der Waals surface area contributed by atoms with E-state index >= 15 is 0 Å². The fraction of sp³-hybridized carbons (Fsp3) is 0.381. The Balaban J connectivity index is 2.07. The first kappa shape index (κ1) is 20.9. The highest BCUT2D eigenvalue weighted by Crippen LogP contribution is 2.38. The van der Waals surface area contributed by atoms with Crippen molar-refractivity contribution in [2.45, 2.75) is 26.3 Å². The fourth-order valence-corrected chi connectivity index (χ4v) is 3.13. The van der Waals surface area contributed by atoms with Gasteiger partial charge < -0.3 is 19.1 Å². The zero-order chi connectivity index (χ0) is 19.8. The second-order valence-corrected chi connectivity index (χ2v) is 6.51. The molecule has 0 saturated heterocycles. The van der Waals surface area contributed by atoms with E-state index in [1.165, 1.54) is 0 Å². The number of nitrogens with zero attached hydrogens (tertiary/aromatic N) is 1. The van der Waals surface area contributed by atoms with Gasteiger partial charge in [-0.1, -0.05) is 23.7 Å². The fourth-order valence-electron chi connectivity index (χ4n) is 2.92. The summed E-state index contributed by atoms with van der Waals surface area (Å²) >= 11 is 6.04. The number of hydrogen-bond donors (Lipinski definition) is 0. The van der Waals surface area contributed by atoms with E-state index in [0.29, 0.717) is 48.2 Å². The third kappa shape index (κ3) is 5.54. The van der Waals surface area contributed by atoms with Crippen molar-refractivity contribution in [2.75, 3.05) is 27.9 Å². The Morgan fingerprint density at radius 1 is 1.00 bits per heavy atom. The van der Waals surface area contributed by atoms with Crippen LogP contribution in [0, 0.1) is 0 Å². The van der Waals surface area contributed by atoms with E-state index in [-0.39, 0.29) is 5.91 Å². The lowest BCUT2D eigenvalue weighted by Crippen LogP contribution is -2.30. The molecule has 2 aromatic carbocycles. The Kier molecular flexibility index (Phi) is 7.80. The molecule has 0 aliphatic heterocycles. The quantitative estimate of drug-likeness (QED) is 0.637. The van der Waals surface area contributed by atoms with Gasteiger partial charge in [-0.25, -0.2) is 0 Å². The van der Waals surface area contributed by atoms with Gasteiger partial charge in [-0.3, -0.25) is 4.79 Å². The molecular weight excluding hydrogens is 366 g/mol. The van der Waals surface area contributed by atoms with Crippen molar-refractivity contribution in [1.82, 2.24) is 4.90 Å². The normalized spacial score (nSPS) is 10.4. The summed E-state index contributed by atoms with van der Waals surface area (Å²) in [5.41, 5.74) is 1.97. The number of carbonyl (C=O) groups is 1. The van der Waals surface area contributed by atoms with Crippen molar-refractivity contribution in [1.29, 1.82) is 0 Å². The standard InChI is InChI=1S/C21H26ClNO4/c1-5-23(14-16-7-6-8-17(22)11-16)20(24)10-9-15-12-18(25-2)21(27-4)19(13-15)26-3/h6-8,11-13H,5,9-10,14H2,1-4H3. The van der Waals surface area contributed by atoms with E-state index in [9.17, 15) is 4.79 Å². The van der Waals surface area contributed by atoms with Crippen LogP contribution < -0.4 is 14.2 Å². The highest BCUT2D eigenvalue weighted by molar-refractivity contribution is 6.30. The molecule has 0 unspecified atom stereocenters. The van der Waals surface area contributed by atoms with Crippen molar-refractivity contribution in [3.63, 3.8) is 0 Å². The minimum Gasteiger partial charge on any atom is -0.493 e. The van der Waals surface area contributed by atoms with Crippen LogP contribution in [0.25, 0.3) is 0 Å². The topological polar surface area (TPSA) is 48.0 Å². The Bertz CT molecular complexity index is 754. The van der Waals surface area contributed by atoms with Gasteiger partial charge in [0.15, 0.2) is 11.5 Å². The van der Waals surface area contributed by atoms with Crippen LogP contribution in [0.1, 0.15) is 24.5 Å². The molecule has 2 aromatic rings. The van der Waals surface area contributed by atoms with Gasteiger partial charge >= 0.3 is 0 Å². The maximum Gasteiger partial charge on any atom is 0.223 e. The molecule has 0 aromatic heterocycles. The van der Waals surface area contributed by atoms with Crippen LogP contribution >= 0.6 is 11.6 Å². The van der Waals surface area contributed by atoms with Gasteiger partial charge in [0, 0.05) is 24.5 Å². The molecule has 27 heavy (non-hydrogen) atoms. The summed E-state index contributed by atoms with van der Waals surface area (Å²) < 4.78 is 16.1. The first-order valence-corrected chi connectivity index (χ1v) is 9.21. The minimum atomic E-state index is 0.0891. The molecule has 5 nitrogen and oxygen atoms in total. The molecule has 0 fully saturated rings. The molecule has 146 valence electrons. The van der Waals surface area contributed by atoms with E-state index < -0.39 is 0 Å². The molecule has 0 spiro atoms. The summed E-state index contributed by atoms with van der Waals surface area (Å²) in [6, 6.07) is 11.3. The maximum absolute atomic E-state index is 12.7. The molecule has 0 radical (unpaired) electrons. The third-order valence-electron chi connectivity index (χ3n) is 4.35. The van der Waals surface area contributed by atoms with E-state index in [1.807, 2.05) is 48.2 Å². The second-order valence-electron chi connectivity index (χ2n) is 6.07. The monoisotopic (exact) mass is 391 g/mol. The smallest absolute Gasteiger partial charge is 0.223 e. The summed E-state index contributed by atoms with van der Waals surface area (Å²) in [6.45, 7) is 3.16. The largest absolute Gasteiger partial charge is 0.493 e. The number of carbonyl (C=O) groups excluding carboxylic acids is 1. The number of benzene rings is 2. The molecule has 0 saturated carbocycles. The predicted octanol–water partition coefficient (Wildman–Crippen LogP) is 4.35. The number of halogens is 1. The van der Waals surface area contributed by atoms with Crippen LogP contribution in [0.4, 0.5) is 0 Å². The molecule has 0 N–H and O–H groups in total. The lowest BCUT2D eigenvalue weighted by molar-refractivity contribution is -0.131. The third-order valence-corrected chi connectivity index (χ3v) is 4.58. The van der Waals surface area contributed by atoms with Gasteiger partial charge in [0.25, 0.3) is 0 Å². The Morgan fingerprint density at radius 2 is 1.67 bits per heavy atom. The SMILES string of the molecule is CCN(Cc1cccc(Cl)c1)C(=O)CCc1cc(OC)c(OC)c(OC)c1. The van der Waals surface area contributed by atoms with Crippen LogP contribution in [0.3, 0.4) is 0 Å². The molecule has 0 aliphatic carbocycles. The van der Waals surface area contributed by atoms with Gasteiger partial charge in [-0.05, 0) is 48.7 Å². The molecule has 0 atom stereocenters. The van der Waals surface area contributed by atoms with Crippen LogP contribution in [0.5, 0.6) is 17.2 Å². The first-order valence-electron chi connectivity index (χ1n) is 8.83. The number of amides is 1. The lowest BCUT2D eigenvalue weighted by atomic mass is 10.1. The minimum absolute atomic E-state index is 0.0891. The summed E-state index contributed by atoms with van der Waals surface area (Å²) in [6.07, 6.45) is 0.981. The first-order chi connectivity index (χ1) is 13.0. The molecule has 6 heteroatoms. The van der Waals surface area contributed by atoms with Crippen molar-refractivity contribution in [3.8, 4) is 17.2 Å². The zero-order valence-electron chi connectivity index (χ0n) is 16.3. The van der Waals surface area contributed by atoms with Crippen molar-refractivity contribution in [2.24, 2.45) is 0 Å². The van der Waals surface area contributed by atoms with Gasteiger partial charge in [-0.15, -0.1) is 0 Å². The zero-order valence-corrected chi connectivity index (χ0v) is 17.0. The van der Waals surface area contributed by atoms with Gasteiger partial charge in [0.1, 0.15) is 0 Å². The van der Waals surface area contributed by atoms with Crippen molar-refractivity contribution >= 4 is 17.5 Å². The van der Waals surface area contributed by atoms with Crippen LogP contribution in [0.15, 0.2) is 36.4 Å². The van der Waals surface area contributed by atoms with Gasteiger partial charge in [0.05, 0.1) is 21.3 Å². The van der Waals surface area contributed by atoms with Gasteiger partial charge in [0.2, 0.25) is 11.7 Å². The molecule has 0 bridgehead atoms. The molecule has 1 amide bonds. The number of aryl methyl sites for hydroxylation is 1. The Morgan fingerprint density at radius 3 is 2.19 bits per heavy atom. The van der Waals surface area contributed by atoms with E-state index in [1.54, 1.807) is 21.3 Å². The summed E-state index contributed by atoms with van der Waals surface area (Å²) in [4.78, 5) is 14.5. The number of ether oxygens (including phenoxy) is 3. The van der Waals surface area contributed by atoms with E-state index in [0.717, 1.165) is 11.1 Å². The Labute approximate surface area is 165 Å². The molecule has 0 heterocycles. The number of rotatable bonds is 9. The molecule has 2 rings (SSSR count). The lowest BCUT2D eigenvalue weighted by Gasteiger charge is -2.21. The number of methoxy groups -OCH3 is 3. The van der Waals surface area contributed by atoms with E-state index in [4.69, 9.17) is 25.8 Å². The summed E-state index contributed by atoms with van der Waals surface area (Å²) in [7, 11) is 4.73. The summed E-state index contributed by atoms with van der Waals surface area (Å²) in [5, 5.41) is 0.674. The van der Waals surface area contributed by atoms with Crippen molar-refractivity contribution < 1.29 is 19.0 Å². The molecular formula is C21H26ClNO4.